The number of anilines is 1. The van der Waals surface area contributed by atoms with E-state index < -0.39 is 0 Å². The molecule has 0 aromatic heterocycles. The molecule has 2 heterocycles. The number of hydrogen-bond acceptors (Lipinski definition) is 1. The van der Waals surface area contributed by atoms with Crippen molar-refractivity contribution in [3.63, 3.8) is 0 Å². The molecule has 2 aromatic rings. The highest BCUT2D eigenvalue weighted by molar-refractivity contribution is 5.60. The lowest BCUT2D eigenvalue weighted by atomic mass is 9.95. The van der Waals surface area contributed by atoms with Crippen molar-refractivity contribution in [2.45, 2.75) is 12.5 Å². The molecule has 1 unspecified atom stereocenters. The van der Waals surface area contributed by atoms with Gasteiger partial charge in [-0.25, -0.2) is 0 Å². The van der Waals surface area contributed by atoms with E-state index in [-0.39, 0.29) is 0 Å². The molecule has 2 aliphatic rings. The second-order valence-electron chi connectivity index (χ2n) is 7.06. The van der Waals surface area contributed by atoms with Crippen LogP contribution in [0.5, 0.6) is 0 Å². The van der Waals surface area contributed by atoms with Crippen molar-refractivity contribution >= 4 is 5.69 Å². The Hall–Kier alpha value is -1.80. The number of hydrogen-bond donors (Lipinski definition) is 0. The number of likely N-dealkylation sites (N-methyl/N-ethyl adjacent to an activating group) is 1. The quantitative estimate of drug-likeness (QED) is 0.669. The van der Waals surface area contributed by atoms with Gasteiger partial charge in [-0.3, -0.25) is 0 Å². The fraction of sp³-hybridized carbons (Fsp3) is 0.368. The lowest BCUT2D eigenvalue weighted by Crippen LogP contribution is -2.56. The number of piperazine rings is 1. The van der Waals surface area contributed by atoms with E-state index in [2.05, 4.69) is 67.5 Å². The van der Waals surface area contributed by atoms with E-state index in [0.29, 0.717) is 6.04 Å². The van der Waals surface area contributed by atoms with Gasteiger partial charge >= 0.3 is 0 Å². The summed E-state index contributed by atoms with van der Waals surface area (Å²) in [6.07, 6.45) is 1.06. The summed E-state index contributed by atoms with van der Waals surface area (Å²) in [5.74, 6) is 0. The minimum absolute atomic E-state index is 0.508. The fourth-order valence-electron chi connectivity index (χ4n) is 3.91. The van der Waals surface area contributed by atoms with E-state index in [9.17, 15) is 0 Å². The van der Waals surface area contributed by atoms with Crippen molar-refractivity contribution in [3.05, 3.63) is 65.2 Å². The topological polar surface area (TPSA) is 3.24 Å². The third-order valence-electron chi connectivity index (χ3n) is 5.09. The van der Waals surface area contributed by atoms with Crippen LogP contribution in [0.4, 0.5) is 5.69 Å². The fourth-order valence-corrected chi connectivity index (χ4v) is 3.91. The Balaban J connectivity index is 1.90. The highest BCUT2D eigenvalue weighted by atomic mass is 15.4. The molecule has 0 spiro atoms. The van der Waals surface area contributed by atoms with Gasteiger partial charge in [0.05, 0.1) is 27.2 Å². The van der Waals surface area contributed by atoms with Crippen LogP contribution in [-0.4, -0.2) is 38.2 Å². The van der Waals surface area contributed by atoms with E-state index >= 15 is 0 Å². The van der Waals surface area contributed by atoms with Crippen molar-refractivity contribution in [1.29, 1.82) is 0 Å². The molecule has 1 atom stereocenters. The number of para-hydroxylation sites is 1. The summed E-state index contributed by atoms with van der Waals surface area (Å²) in [6, 6.07) is 18.5. The van der Waals surface area contributed by atoms with Gasteiger partial charge in [0.1, 0.15) is 12.6 Å². The first kappa shape index (κ1) is 12.9. The Bertz CT molecular complexity index is 675. The summed E-state index contributed by atoms with van der Waals surface area (Å²) in [4.78, 5) is 2.64. The first-order chi connectivity index (χ1) is 10.1. The van der Waals surface area contributed by atoms with E-state index in [0.717, 1.165) is 17.4 Å². The molecule has 108 valence electrons. The predicted molar refractivity (Wildman–Crippen MR) is 87.6 cm³/mol. The lowest BCUT2D eigenvalue weighted by molar-refractivity contribution is -0.894. The van der Waals surface area contributed by atoms with Crippen LogP contribution in [0.3, 0.4) is 0 Å². The summed E-state index contributed by atoms with van der Waals surface area (Å²) < 4.78 is 1.11. The van der Waals surface area contributed by atoms with Gasteiger partial charge in [0.2, 0.25) is 0 Å². The van der Waals surface area contributed by atoms with Gasteiger partial charge in [-0.2, -0.15) is 0 Å². The highest BCUT2D eigenvalue weighted by Crippen LogP contribution is 2.39. The molecule has 2 aliphatic heterocycles. The molecule has 4 rings (SSSR count). The summed E-state index contributed by atoms with van der Waals surface area (Å²) in [6.45, 7) is 3.54. The summed E-state index contributed by atoms with van der Waals surface area (Å²) in [5, 5.41) is 0. The number of rotatable bonds is 0. The van der Waals surface area contributed by atoms with Gasteiger partial charge in [0, 0.05) is 5.69 Å². The maximum absolute atomic E-state index is 2.64. The second-order valence-corrected chi connectivity index (χ2v) is 7.06. The third-order valence-corrected chi connectivity index (χ3v) is 5.09. The van der Waals surface area contributed by atoms with Crippen molar-refractivity contribution in [2.24, 2.45) is 0 Å². The van der Waals surface area contributed by atoms with Gasteiger partial charge in [0.25, 0.3) is 0 Å². The van der Waals surface area contributed by atoms with Crippen LogP contribution in [-0.2, 0) is 6.42 Å². The van der Waals surface area contributed by atoms with E-state index in [1.807, 2.05) is 0 Å². The Morgan fingerprint density at radius 2 is 1.67 bits per heavy atom. The summed E-state index contributed by atoms with van der Waals surface area (Å²) in [5.41, 5.74) is 5.94. The zero-order chi connectivity index (χ0) is 14.4. The van der Waals surface area contributed by atoms with Crippen molar-refractivity contribution in [2.75, 3.05) is 38.6 Å². The zero-order valence-electron chi connectivity index (χ0n) is 12.9. The average molecular weight is 279 g/mol. The molecule has 21 heavy (non-hydrogen) atoms. The molecular formula is C19H23N2+. The Labute approximate surface area is 127 Å². The van der Waals surface area contributed by atoms with Crippen molar-refractivity contribution in [1.82, 2.24) is 0 Å². The SMILES string of the molecule is C[N+]1(C)CCN2c3ccccc3Cc3ccccc3C2C1. The van der Waals surface area contributed by atoms with Crippen LogP contribution in [0.25, 0.3) is 0 Å². The number of benzene rings is 2. The van der Waals surface area contributed by atoms with Crippen LogP contribution in [0.15, 0.2) is 48.5 Å². The maximum Gasteiger partial charge on any atom is 0.104 e. The van der Waals surface area contributed by atoms with E-state index in [1.165, 1.54) is 35.5 Å². The Morgan fingerprint density at radius 1 is 0.952 bits per heavy atom. The number of fused-ring (bicyclic) bond motifs is 5. The third kappa shape index (κ3) is 2.14. The molecule has 1 fully saturated rings. The molecule has 0 N–H and O–H groups in total. The monoisotopic (exact) mass is 279 g/mol. The van der Waals surface area contributed by atoms with E-state index in [1.54, 1.807) is 0 Å². The van der Waals surface area contributed by atoms with Gasteiger partial charge in [-0.1, -0.05) is 42.5 Å². The van der Waals surface area contributed by atoms with Gasteiger partial charge in [-0.15, -0.1) is 0 Å². The van der Waals surface area contributed by atoms with Crippen LogP contribution in [0.2, 0.25) is 0 Å². The number of nitrogens with zero attached hydrogens (tertiary/aromatic N) is 2. The normalized spacial score (nSPS) is 22.8. The maximum atomic E-state index is 2.64. The first-order valence-corrected chi connectivity index (χ1v) is 7.88. The van der Waals surface area contributed by atoms with Crippen LogP contribution < -0.4 is 4.90 Å². The second kappa shape index (κ2) is 4.60. The average Bonchev–Trinajstić information content (AvgIpc) is 2.60. The van der Waals surface area contributed by atoms with Crippen LogP contribution >= 0.6 is 0 Å². The smallest absolute Gasteiger partial charge is 0.104 e. The summed E-state index contributed by atoms with van der Waals surface area (Å²) >= 11 is 0. The lowest BCUT2D eigenvalue weighted by Gasteiger charge is -2.45. The molecule has 2 aromatic carbocycles. The zero-order valence-corrected chi connectivity index (χ0v) is 12.9. The molecule has 0 aliphatic carbocycles. The number of quaternary nitrogens is 1. The summed E-state index contributed by atoms with van der Waals surface area (Å²) in [7, 11) is 4.72. The largest absolute Gasteiger partial charge is 0.353 e. The molecule has 0 bridgehead atoms. The molecule has 0 saturated carbocycles. The van der Waals surface area contributed by atoms with E-state index in [4.69, 9.17) is 0 Å². The Morgan fingerprint density at radius 3 is 2.52 bits per heavy atom. The van der Waals surface area contributed by atoms with Gasteiger partial charge < -0.3 is 9.38 Å². The highest BCUT2D eigenvalue weighted by Gasteiger charge is 2.37. The molecule has 2 heteroatoms. The minimum Gasteiger partial charge on any atom is -0.353 e. The molecule has 1 saturated heterocycles. The van der Waals surface area contributed by atoms with Crippen LogP contribution in [0, 0.1) is 0 Å². The minimum atomic E-state index is 0.508. The van der Waals surface area contributed by atoms with Crippen molar-refractivity contribution < 1.29 is 4.48 Å². The van der Waals surface area contributed by atoms with Crippen molar-refractivity contribution in [3.8, 4) is 0 Å². The molecule has 0 amide bonds. The first-order valence-electron chi connectivity index (χ1n) is 7.88. The van der Waals surface area contributed by atoms with Gasteiger partial charge in [0.15, 0.2) is 0 Å². The van der Waals surface area contributed by atoms with Crippen LogP contribution in [0.1, 0.15) is 22.7 Å². The standard InChI is InChI=1S/C19H23N2/c1-21(2)12-11-20-18-10-6-4-8-16(18)13-15-7-3-5-9-17(15)19(20)14-21/h3-10,19H,11-14H2,1-2H3/q+1. The molecule has 0 radical (unpaired) electrons. The van der Waals surface area contributed by atoms with Gasteiger partial charge in [-0.05, 0) is 29.2 Å². The molecular weight excluding hydrogens is 256 g/mol. The molecule has 2 nitrogen and oxygen atoms in total. The Kier molecular flexibility index (Phi) is 2.83. The predicted octanol–water partition coefficient (Wildman–Crippen LogP) is 3.23.